The molecule has 0 fully saturated rings. The standard InChI is InChI=1S/C18H18O4/c1-3-21-16-10-8-14(9-11-16)17(19)12-22-18(20)15-6-4-13(2)5-7-15/h4-11H,3,12H2,1-2H3. The van der Waals surface area contributed by atoms with Gasteiger partial charge >= 0.3 is 5.97 Å². The van der Waals surface area contributed by atoms with Crippen LogP contribution >= 0.6 is 0 Å². The first kappa shape index (κ1) is 15.8. The van der Waals surface area contributed by atoms with E-state index in [4.69, 9.17) is 9.47 Å². The van der Waals surface area contributed by atoms with Crippen LogP contribution in [0.15, 0.2) is 48.5 Å². The van der Waals surface area contributed by atoms with Crippen molar-refractivity contribution < 1.29 is 19.1 Å². The van der Waals surface area contributed by atoms with Crippen LogP contribution in [0.5, 0.6) is 5.75 Å². The van der Waals surface area contributed by atoms with Crippen molar-refractivity contribution >= 4 is 11.8 Å². The summed E-state index contributed by atoms with van der Waals surface area (Å²) < 4.78 is 10.4. The zero-order valence-corrected chi connectivity index (χ0v) is 12.7. The van der Waals surface area contributed by atoms with Gasteiger partial charge in [0.1, 0.15) is 5.75 Å². The van der Waals surface area contributed by atoms with Crippen molar-refractivity contribution in [2.45, 2.75) is 13.8 Å². The molecule has 0 aliphatic rings. The van der Waals surface area contributed by atoms with Gasteiger partial charge in [-0.15, -0.1) is 0 Å². The second-order valence-corrected chi connectivity index (χ2v) is 4.82. The molecule has 0 atom stereocenters. The Balaban J connectivity index is 1.91. The van der Waals surface area contributed by atoms with Crippen molar-refractivity contribution in [3.63, 3.8) is 0 Å². The molecular weight excluding hydrogens is 280 g/mol. The predicted octanol–water partition coefficient (Wildman–Crippen LogP) is 3.43. The number of Topliss-reactive ketones (excluding diaryl/α,β-unsaturated/α-hetero) is 1. The fraction of sp³-hybridized carbons (Fsp3) is 0.222. The van der Waals surface area contributed by atoms with Crippen LogP contribution in [0.2, 0.25) is 0 Å². The van der Waals surface area contributed by atoms with Gasteiger partial charge in [-0.05, 0) is 50.2 Å². The first-order valence-corrected chi connectivity index (χ1v) is 7.10. The molecule has 0 N–H and O–H groups in total. The van der Waals surface area contributed by atoms with Crippen molar-refractivity contribution in [1.29, 1.82) is 0 Å². The molecule has 114 valence electrons. The molecule has 4 heteroatoms. The Morgan fingerprint density at radius 1 is 0.909 bits per heavy atom. The normalized spacial score (nSPS) is 10.1. The second kappa shape index (κ2) is 7.41. The van der Waals surface area contributed by atoms with Crippen molar-refractivity contribution in [1.82, 2.24) is 0 Å². The molecule has 0 spiro atoms. The Bertz CT molecular complexity index is 642. The zero-order chi connectivity index (χ0) is 15.9. The van der Waals surface area contributed by atoms with Crippen LogP contribution in [-0.2, 0) is 4.74 Å². The molecule has 0 saturated heterocycles. The summed E-state index contributed by atoms with van der Waals surface area (Å²) in [6.07, 6.45) is 0. The highest BCUT2D eigenvalue weighted by Crippen LogP contribution is 2.13. The third-order valence-electron chi connectivity index (χ3n) is 3.11. The molecule has 4 nitrogen and oxygen atoms in total. The molecule has 2 rings (SSSR count). The molecular formula is C18H18O4. The number of aryl methyl sites for hydroxylation is 1. The molecule has 2 aromatic rings. The van der Waals surface area contributed by atoms with Crippen molar-refractivity contribution in [2.24, 2.45) is 0 Å². The van der Waals surface area contributed by atoms with Gasteiger partial charge in [0, 0.05) is 5.56 Å². The highest BCUT2D eigenvalue weighted by atomic mass is 16.5. The molecule has 0 radical (unpaired) electrons. The number of carbonyl (C=O) groups is 2. The van der Waals surface area contributed by atoms with E-state index < -0.39 is 5.97 Å². The van der Waals surface area contributed by atoms with E-state index in [9.17, 15) is 9.59 Å². The van der Waals surface area contributed by atoms with E-state index in [1.807, 2.05) is 26.0 Å². The SMILES string of the molecule is CCOc1ccc(C(=O)COC(=O)c2ccc(C)cc2)cc1. The number of hydrogen-bond acceptors (Lipinski definition) is 4. The van der Waals surface area contributed by atoms with Gasteiger partial charge < -0.3 is 9.47 Å². The molecule has 0 saturated carbocycles. The lowest BCUT2D eigenvalue weighted by molar-refractivity contribution is 0.0474. The molecule has 22 heavy (non-hydrogen) atoms. The van der Waals surface area contributed by atoms with E-state index in [1.54, 1.807) is 36.4 Å². The lowest BCUT2D eigenvalue weighted by atomic mass is 10.1. The molecule has 0 unspecified atom stereocenters. The Kier molecular flexibility index (Phi) is 5.31. The summed E-state index contributed by atoms with van der Waals surface area (Å²) >= 11 is 0. The summed E-state index contributed by atoms with van der Waals surface area (Å²) in [6, 6.07) is 13.8. The number of ether oxygens (including phenoxy) is 2. The molecule has 0 aromatic heterocycles. The topological polar surface area (TPSA) is 52.6 Å². The van der Waals surface area contributed by atoms with Crippen LogP contribution in [-0.4, -0.2) is 25.0 Å². The first-order valence-electron chi connectivity index (χ1n) is 7.10. The molecule has 0 heterocycles. The maximum absolute atomic E-state index is 12.0. The Labute approximate surface area is 129 Å². The quantitative estimate of drug-likeness (QED) is 0.605. The minimum absolute atomic E-state index is 0.247. The number of esters is 1. The van der Waals surface area contributed by atoms with Crippen LogP contribution in [0, 0.1) is 6.92 Å². The number of benzene rings is 2. The molecule has 0 aliphatic heterocycles. The maximum atomic E-state index is 12.0. The first-order chi connectivity index (χ1) is 10.6. The number of hydrogen-bond donors (Lipinski definition) is 0. The smallest absolute Gasteiger partial charge is 0.338 e. The monoisotopic (exact) mass is 298 g/mol. The van der Waals surface area contributed by atoms with Gasteiger partial charge in [0.25, 0.3) is 0 Å². The summed E-state index contributed by atoms with van der Waals surface area (Å²) in [5, 5.41) is 0. The fourth-order valence-corrected chi connectivity index (χ4v) is 1.89. The molecule has 2 aromatic carbocycles. The average Bonchev–Trinajstić information content (AvgIpc) is 2.54. The van der Waals surface area contributed by atoms with E-state index in [2.05, 4.69) is 0 Å². The second-order valence-electron chi connectivity index (χ2n) is 4.82. The minimum atomic E-state index is -0.501. The van der Waals surface area contributed by atoms with Crippen LogP contribution in [0.1, 0.15) is 33.2 Å². The largest absolute Gasteiger partial charge is 0.494 e. The maximum Gasteiger partial charge on any atom is 0.338 e. The lowest BCUT2D eigenvalue weighted by Crippen LogP contribution is -2.14. The van der Waals surface area contributed by atoms with E-state index in [-0.39, 0.29) is 12.4 Å². The summed E-state index contributed by atoms with van der Waals surface area (Å²) in [4.78, 5) is 23.8. The van der Waals surface area contributed by atoms with Crippen molar-refractivity contribution in [2.75, 3.05) is 13.2 Å². The van der Waals surface area contributed by atoms with E-state index in [0.29, 0.717) is 23.5 Å². The summed E-state index contributed by atoms with van der Waals surface area (Å²) in [7, 11) is 0. The van der Waals surface area contributed by atoms with Gasteiger partial charge in [-0.3, -0.25) is 4.79 Å². The van der Waals surface area contributed by atoms with Crippen molar-refractivity contribution in [3.05, 3.63) is 65.2 Å². The Morgan fingerprint density at radius 3 is 2.09 bits per heavy atom. The van der Waals surface area contributed by atoms with E-state index in [0.717, 1.165) is 5.56 Å². The third-order valence-corrected chi connectivity index (χ3v) is 3.11. The summed E-state index contributed by atoms with van der Waals surface area (Å²) in [5.41, 5.74) is 1.98. The van der Waals surface area contributed by atoms with Gasteiger partial charge in [-0.2, -0.15) is 0 Å². The summed E-state index contributed by atoms with van der Waals surface area (Å²) in [5.74, 6) is -0.0431. The number of rotatable bonds is 6. The molecule has 0 amide bonds. The number of ketones is 1. The number of carbonyl (C=O) groups excluding carboxylic acids is 2. The van der Waals surface area contributed by atoms with Crippen LogP contribution < -0.4 is 4.74 Å². The molecule has 0 aliphatic carbocycles. The Hall–Kier alpha value is -2.62. The van der Waals surface area contributed by atoms with Gasteiger partial charge in [0.2, 0.25) is 0 Å². The average molecular weight is 298 g/mol. The minimum Gasteiger partial charge on any atom is -0.494 e. The Morgan fingerprint density at radius 2 is 1.50 bits per heavy atom. The third kappa shape index (κ3) is 4.19. The zero-order valence-electron chi connectivity index (χ0n) is 12.7. The van der Waals surface area contributed by atoms with Crippen LogP contribution in [0.4, 0.5) is 0 Å². The van der Waals surface area contributed by atoms with Gasteiger partial charge in [-0.1, -0.05) is 17.7 Å². The van der Waals surface area contributed by atoms with Gasteiger partial charge in [0.15, 0.2) is 12.4 Å². The summed E-state index contributed by atoms with van der Waals surface area (Å²) in [6.45, 7) is 4.12. The van der Waals surface area contributed by atoms with E-state index in [1.165, 1.54) is 0 Å². The van der Waals surface area contributed by atoms with E-state index >= 15 is 0 Å². The van der Waals surface area contributed by atoms with Gasteiger partial charge in [-0.25, -0.2) is 4.79 Å². The van der Waals surface area contributed by atoms with Crippen molar-refractivity contribution in [3.8, 4) is 5.75 Å². The predicted molar refractivity (Wildman–Crippen MR) is 83.4 cm³/mol. The lowest BCUT2D eigenvalue weighted by Gasteiger charge is -2.06. The van der Waals surface area contributed by atoms with Crippen LogP contribution in [0.25, 0.3) is 0 Å². The highest BCUT2D eigenvalue weighted by Gasteiger charge is 2.11. The van der Waals surface area contributed by atoms with Crippen LogP contribution in [0.3, 0.4) is 0 Å². The fourth-order valence-electron chi connectivity index (χ4n) is 1.89. The molecule has 0 bridgehead atoms. The highest BCUT2D eigenvalue weighted by molar-refractivity contribution is 5.99. The van der Waals surface area contributed by atoms with Gasteiger partial charge in [0.05, 0.1) is 12.2 Å².